The predicted molar refractivity (Wildman–Crippen MR) is 78.6 cm³/mol. The molecule has 0 bridgehead atoms. The average Bonchev–Trinajstić information content (AvgIpc) is 2.97. The molecule has 6 nitrogen and oxygen atoms in total. The molecule has 1 atom stereocenters. The summed E-state index contributed by atoms with van der Waals surface area (Å²) in [5.74, 6) is 1.31. The molecule has 1 saturated heterocycles. The third-order valence-corrected chi connectivity index (χ3v) is 4.25. The summed E-state index contributed by atoms with van der Waals surface area (Å²) in [7, 11) is 1.63. The zero-order valence-electron chi connectivity index (χ0n) is 12.7. The van der Waals surface area contributed by atoms with Crippen LogP contribution in [-0.2, 0) is 17.9 Å². The summed E-state index contributed by atoms with van der Waals surface area (Å²) in [6, 6.07) is 0.651. The SMILES string of the molecule is COCc1noc(CN2CCN(C3C=CCCC3)CC2)n1. The second kappa shape index (κ2) is 7.15. The van der Waals surface area contributed by atoms with Gasteiger partial charge < -0.3 is 9.26 Å². The lowest BCUT2D eigenvalue weighted by Crippen LogP contribution is -2.49. The first-order valence-corrected chi connectivity index (χ1v) is 7.78. The van der Waals surface area contributed by atoms with Crippen molar-refractivity contribution < 1.29 is 9.26 Å². The number of methoxy groups -OCH3 is 1. The molecule has 0 radical (unpaired) electrons. The Hall–Kier alpha value is -1.24. The molecule has 116 valence electrons. The Bertz CT molecular complexity index is 466. The number of rotatable bonds is 5. The highest BCUT2D eigenvalue weighted by Gasteiger charge is 2.24. The van der Waals surface area contributed by atoms with Gasteiger partial charge in [-0.1, -0.05) is 17.3 Å². The summed E-state index contributed by atoms with van der Waals surface area (Å²) in [5, 5.41) is 3.90. The van der Waals surface area contributed by atoms with Gasteiger partial charge in [0.05, 0.1) is 6.54 Å². The van der Waals surface area contributed by atoms with Crippen molar-refractivity contribution in [2.75, 3.05) is 33.3 Å². The van der Waals surface area contributed by atoms with Crippen molar-refractivity contribution in [1.82, 2.24) is 19.9 Å². The van der Waals surface area contributed by atoms with Crippen molar-refractivity contribution in [3.05, 3.63) is 23.9 Å². The van der Waals surface area contributed by atoms with Gasteiger partial charge >= 0.3 is 0 Å². The van der Waals surface area contributed by atoms with Crippen LogP contribution in [0.4, 0.5) is 0 Å². The Morgan fingerprint density at radius 2 is 2.19 bits per heavy atom. The zero-order valence-corrected chi connectivity index (χ0v) is 12.7. The molecule has 2 aliphatic rings. The monoisotopic (exact) mass is 292 g/mol. The molecule has 21 heavy (non-hydrogen) atoms. The van der Waals surface area contributed by atoms with E-state index in [1.807, 2.05) is 0 Å². The van der Waals surface area contributed by atoms with Crippen LogP contribution in [0, 0.1) is 0 Å². The molecule has 3 rings (SSSR count). The maximum atomic E-state index is 5.26. The van der Waals surface area contributed by atoms with Gasteiger partial charge in [0.1, 0.15) is 6.61 Å². The number of hydrogen-bond donors (Lipinski definition) is 0. The maximum Gasteiger partial charge on any atom is 0.240 e. The number of ether oxygens (including phenoxy) is 1. The topological polar surface area (TPSA) is 54.6 Å². The van der Waals surface area contributed by atoms with E-state index in [1.54, 1.807) is 7.11 Å². The van der Waals surface area contributed by atoms with Crippen LogP contribution >= 0.6 is 0 Å². The minimum Gasteiger partial charge on any atom is -0.377 e. The van der Waals surface area contributed by atoms with Gasteiger partial charge in [-0.3, -0.25) is 9.80 Å². The summed E-state index contributed by atoms with van der Waals surface area (Å²) in [6.07, 6.45) is 8.59. The maximum absolute atomic E-state index is 5.26. The van der Waals surface area contributed by atoms with Crippen molar-refractivity contribution in [3.8, 4) is 0 Å². The molecular formula is C15H24N4O2. The Morgan fingerprint density at radius 1 is 1.33 bits per heavy atom. The lowest BCUT2D eigenvalue weighted by molar-refractivity contribution is 0.0943. The van der Waals surface area contributed by atoms with Crippen molar-refractivity contribution in [3.63, 3.8) is 0 Å². The molecule has 0 aromatic carbocycles. The Labute approximate surface area is 125 Å². The highest BCUT2D eigenvalue weighted by atomic mass is 16.5. The summed E-state index contributed by atoms with van der Waals surface area (Å²) in [5.41, 5.74) is 0. The van der Waals surface area contributed by atoms with Crippen LogP contribution in [0.15, 0.2) is 16.7 Å². The van der Waals surface area contributed by atoms with Crippen LogP contribution in [-0.4, -0.2) is 59.3 Å². The lowest BCUT2D eigenvalue weighted by atomic mass is 10.0. The summed E-state index contributed by atoms with van der Waals surface area (Å²) in [4.78, 5) is 9.31. The van der Waals surface area contributed by atoms with E-state index in [-0.39, 0.29) is 0 Å². The fourth-order valence-corrected chi connectivity index (χ4v) is 3.09. The number of aromatic nitrogens is 2. The van der Waals surface area contributed by atoms with E-state index in [9.17, 15) is 0 Å². The minimum atomic E-state index is 0.408. The van der Waals surface area contributed by atoms with Gasteiger partial charge in [0.2, 0.25) is 5.89 Å². The van der Waals surface area contributed by atoms with Crippen LogP contribution in [0.1, 0.15) is 31.0 Å². The normalized spacial score (nSPS) is 24.5. The third kappa shape index (κ3) is 3.90. The number of nitrogens with zero attached hydrogens (tertiary/aromatic N) is 4. The van der Waals surface area contributed by atoms with E-state index in [1.165, 1.54) is 19.3 Å². The van der Waals surface area contributed by atoms with Gasteiger partial charge in [0, 0.05) is 39.3 Å². The molecule has 6 heteroatoms. The number of allylic oxidation sites excluding steroid dienone is 1. The fraction of sp³-hybridized carbons (Fsp3) is 0.733. The van der Waals surface area contributed by atoms with Crippen molar-refractivity contribution in [2.24, 2.45) is 0 Å². The molecule has 1 aliphatic heterocycles. The Kier molecular flexibility index (Phi) is 5.00. The molecule has 1 aromatic rings. The molecule has 1 unspecified atom stereocenters. The number of piperazine rings is 1. The smallest absolute Gasteiger partial charge is 0.240 e. The highest BCUT2D eigenvalue weighted by molar-refractivity contribution is 4.99. The quantitative estimate of drug-likeness (QED) is 0.766. The highest BCUT2D eigenvalue weighted by Crippen LogP contribution is 2.18. The number of hydrogen-bond acceptors (Lipinski definition) is 6. The average molecular weight is 292 g/mol. The first-order valence-electron chi connectivity index (χ1n) is 7.78. The first-order chi connectivity index (χ1) is 10.3. The molecule has 2 heterocycles. The Balaban J connectivity index is 1.46. The van der Waals surface area contributed by atoms with E-state index in [0.717, 1.165) is 32.7 Å². The zero-order chi connectivity index (χ0) is 14.5. The van der Waals surface area contributed by atoms with Gasteiger partial charge in [-0.25, -0.2) is 0 Å². The Morgan fingerprint density at radius 3 is 2.90 bits per heavy atom. The summed E-state index contributed by atoms with van der Waals surface area (Å²) in [6.45, 7) is 5.51. The van der Waals surface area contributed by atoms with Gasteiger partial charge in [-0.15, -0.1) is 0 Å². The molecule has 1 fully saturated rings. The molecule has 0 spiro atoms. The molecular weight excluding hydrogens is 268 g/mol. The summed E-state index contributed by atoms with van der Waals surface area (Å²) < 4.78 is 10.3. The fourth-order valence-electron chi connectivity index (χ4n) is 3.09. The van der Waals surface area contributed by atoms with E-state index < -0.39 is 0 Å². The van der Waals surface area contributed by atoms with Crippen LogP contribution in [0.2, 0.25) is 0 Å². The standard InChI is InChI=1S/C15H24N4O2/c1-20-12-14-16-15(21-17-14)11-18-7-9-19(10-8-18)13-5-3-2-4-6-13/h3,5,13H,2,4,6-12H2,1H3. The molecule has 0 amide bonds. The largest absolute Gasteiger partial charge is 0.377 e. The van der Waals surface area contributed by atoms with Crippen molar-refractivity contribution in [2.45, 2.75) is 38.5 Å². The predicted octanol–water partition coefficient (Wildman–Crippen LogP) is 1.44. The van der Waals surface area contributed by atoms with Gasteiger partial charge in [-0.2, -0.15) is 4.98 Å². The molecule has 0 N–H and O–H groups in total. The molecule has 1 aromatic heterocycles. The van der Waals surface area contributed by atoms with Crippen LogP contribution < -0.4 is 0 Å². The molecule has 0 saturated carbocycles. The first kappa shape index (κ1) is 14.7. The third-order valence-electron chi connectivity index (χ3n) is 4.25. The summed E-state index contributed by atoms with van der Waals surface area (Å²) >= 11 is 0. The van der Waals surface area contributed by atoms with Gasteiger partial charge in [0.25, 0.3) is 0 Å². The van der Waals surface area contributed by atoms with Gasteiger partial charge in [-0.05, 0) is 19.3 Å². The van der Waals surface area contributed by atoms with E-state index in [4.69, 9.17) is 9.26 Å². The second-order valence-corrected chi connectivity index (χ2v) is 5.78. The van der Waals surface area contributed by atoms with E-state index >= 15 is 0 Å². The van der Waals surface area contributed by atoms with Crippen molar-refractivity contribution in [1.29, 1.82) is 0 Å². The lowest BCUT2D eigenvalue weighted by Gasteiger charge is -2.38. The van der Waals surface area contributed by atoms with Gasteiger partial charge in [0.15, 0.2) is 5.82 Å². The molecule has 1 aliphatic carbocycles. The van der Waals surface area contributed by atoms with E-state index in [2.05, 4.69) is 32.1 Å². The van der Waals surface area contributed by atoms with E-state index in [0.29, 0.717) is 24.4 Å². The second-order valence-electron chi connectivity index (χ2n) is 5.78. The van der Waals surface area contributed by atoms with Crippen LogP contribution in [0.3, 0.4) is 0 Å². The van der Waals surface area contributed by atoms with Crippen LogP contribution in [0.5, 0.6) is 0 Å². The minimum absolute atomic E-state index is 0.408. The van der Waals surface area contributed by atoms with Crippen LogP contribution in [0.25, 0.3) is 0 Å². The van der Waals surface area contributed by atoms with Crippen molar-refractivity contribution >= 4 is 0 Å².